The molecule has 0 aliphatic rings. The number of aromatic amines is 1. The standard InChI is InChI=1S/C4H4N2O3S/c5-2-1(4(8)9)3(7)6-10-2/h5H2,(H,6,7)(H,8,9). The molecule has 0 bridgehead atoms. The van der Waals surface area contributed by atoms with Crippen molar-refractivity contribution < 1.29 is 9.90 Å². The summed E-state index contributed by atoms with van der Waals surface area (Å²) in [6.45, 7) is 0. The predicted molar refractivity (Wildman–Crippen MR) is 36.3 cm³/mol. The van der Waals surface area contributed by atoms with Crippen LogP contribution in [0.15, 0.2) is 4.79 Å². The van der Waals surface area contributed by atoms with Gasteiger partial charge in [0.25, 0.3) is 5.56 Å². The molecule has 0 aliphatic carbocycles. The molecule has 0 saturated heterocycles. The summed E-state index contributed by atoms with van der Waals surface area (Å²) in [6, 6.07) is 0. The Balaban J connectivity index is 3.37. The Bertz CT molecular complexity index is 313. The quantitative estimate of drug-likeness (QED) is 0.526. The second-order valence-corrected chi connectivity index (χ2v) is 2.43. The van der Waals surface area contributed by atoms with E-state index in [0.29, 0.717) is 0 Å². The maximum Gasteiger partial charge on any atom is 0.344 e. The van der Waals surface area contributed by atoms with Gasteiger partial charge in [-0.1, -0.05) is 0 Å². The highest BCUT2D eigenvalue weighted by molar-refractivity contribution is 7.10. The molecular weight excluding hydrogens is 156 g/mol. The molecule has 0 amide bonds. The van der Waals surface area contributed by atoms with Gasteiger partial charge in [0.15, 0.2) is 5.56 Å². The molecule has 54 valence electrons. The monoisotopic (exact) mass is 160 g/mol. The Morgan fingerprint density at radius 2 is 2.30 bits per heavy atom. The van der Waals surface area contributed by atoms with E-state index in [1.54, 1.807) is 0 Å². The number of H-pyrrole nitrogens is 1. The van der Waals surface area contributed by atoms with Gasteiger partial charge in [0, 0.05) is 0 Å². The molecule has 4 N–H and O–H groups in total. The van der Waals surface area contributed by atoms with Crippen molar-refractivity contribution in [3.05, 3.63) is 15.9 Å². The van der Waals surface area contributed by atoms with E-state index in [0.717, 1.165) is 11.5 Å². The van der Waals surface area contributed by atoms with Crippen LogP contribution in [0.4, 0.5) is 5.00 Å². The van der Waals surface area contributed by atoms with Gasteiger partial charge in [-0.05, 0) is 11.5 Å². The first-order valence-electron chi connectivity index (χ1n) is 2.33. The van der Waals surface area contributed by atoms with Crippen molar-refractivity contribution >= 4 is 22.5 Å². The Labute approximate surface area is 59.3 Å². The molecule has 0 spiro atoms. The molecule has 1 aromatic heterocycles. The third kappa shape index (κ3) is 0.883. The van der Waals surface area contributed by atoms with Gasteiger partial charge in [-0.15, -0.1) is 0 Å². The summed E-state index contributed by atoms with van der Waals surface area (Å²) in [5, 5.41) is 8.35. The summed E-state index contributed by atoms with van der Waals surface area (Å²) in [4.78, 5) is 20.8. The van der Waals surface area contributed by atoms with Gasteiger partial charge in [0.2, 0.25) is 0 Å². The van der Waals surface area contributed by atoms with Crippen molar-refractivity contribution in [2.45, 2.75) is 0 Å². The second kappa shape index (κ2) is 2.14. The summed E-state index contributed by atoms with van der Waals surface area (Å²) >= 11 is 0.819. The van der Waals surface area contributed by atoms with Crippen molar-refractivity contribution in [1.29, 1.82) is 0 Å². The van der Waals surface area contributed by atoms with Crippen LogP contribution >= 0.6 is 11.5 Å². The number of nitrogen functional groups attached to an aromatic ring is 1. The van der Waals surface area contributed by atoms with E-state index in [2.05, 4.69) is 4.37 Å². The van der Waals surface area contributed by atoms with Crippen LogP contribution in [0.25, 0.3) is 0 Å². The maximum absolute atomic E-state index is 10.6. The molecule has 0 aliphatic heterocycles. The average Bonchev–Trinajstić information content (AvgIpc) is 2.11. The van der Waals surface area contributed by atoms with Gasteiger partial charge in [-0.25, -0.2) is 4.79 Å². The molecule has 5 nitrogen and oxygen atoms in total. The summed E-state index contributed by atoms with van der Waals surface area (Å²) in [7, 11) is 0. The van der Waals surface area contributed by atoms with Gasteiger partial charge in [-0.2, -0.15) is 0 Å². The van der Waals surface area contributed by atoms with Crippen LogP contribution in [0, 0.1) is 0 Å². The van der Waals surface area contributed by atoms with Crippen molar-refractivity contribution in [1.82, 2.24) is 4.37 Å². The van der Waals surface area contributed by atoms with Crippen molar-refractivity contribution in [3.8, 4) is 0 Å². The second-order valence-electron chi connectivity index (χ2n) is 1.58. The largest absolute Gasteiger partial charge is 0.477 e. The normalized spacial score (nSPS) is 9.60. The lowest BCUT2D eigenvalue weighted by molar-refractivity contribution is 0.0697. The number of carbonyl (C=O) groups is 1. The summed E-state index contributed by atoms with van der Waals surface area (Å²) in [5.41, 5.74) is 4.13. The first-order valence-corrected chi connectivity index (χ1v) is 3.15. The fourth-order valence-corrected chi connectivity index (χ4v) is 1.10. The highest BCUT2D eigenvalue weighted by Gasteiger charge is 2.14. The average molecular weight is 160 g/mol. The van der Waals surface area contributed by atoms with Crippen LogP contribution in [0.5, 0.6) is 0 Å². The van der Waals surface area contributed by atoms with E-state index in [9.17, 15) is 9.59 Å². The zero-order valence-corrected chi connectivity index (χ0v) is 5.57. The van der Waals surface area contributed by atoms with E-state index < -0.39 is 11.5 Å². The third-order valence-corrected chi connectivity index (χ3v) is 1.65. The third-order valence-electron chi connectivity index (χ3n) is 0.941. The lowest BCUT2D eigenvalue weighted by atomic mass is 10.3. The van der Waals surface area contributed by atoms with Crippen molar-refractivity contribution in [3.63, 3.8) is 0 Å². The molecule has 0 atom stereocenters. The molecule has 0 unspecified atom stereocenters. The minimum Gasteiger partial charge on any atom is -0.477 e. The highest BCUT2D eigenvalue weighted by Crippen LogP contribution is 2.09. The van der Waals surface area contributed by atoms with Crippen LogP contribution in [-0.4, -0.2) is 15.4 Å². The number of hydrogen-bond acceptors (Lipinski definition) is 4. The Hall–Kier alpha value is -1.30. The van der Waals surface area contributed by atoms with Gasteiger partial charge in [0.05, 0.1) is 0 Å². The lowest BCUT2D eigenvalue weighted by Gasteiger charge is -1.84. The smallest absolute Gasteiger partial charge is 0.344 e. The van der Waals surface area contributed by atoms with Crippen LogP contribution in [0.2, 0.25) is 0 Å². The van der Waals surface area contributed by atoms with E-state index in [4.69, 9.17) is 10.8 Å². The Morgan fingerprint density at radius 3 is 2.50 bits per heavy atom. The summed E-state index contributed by atoms with van der Waals surface area (Å²) in [6.07, 6.45) is 0. The topological polar surface area (TPSA) is 96.2 Å². The van der Waals surface area contributed by atoms with Gasteiger partial charge in [0.1, 0.15) is 5.00 Å². The zero-order chi connectivity index (χ0) is 7.72. The van der Waals surface area contributed by atoms with Crippen LogP contribution in [-0.2, 0) is 0 Å². The molecule has 6 heteroatoms. The van der Waals surface area contributed by atoms with E-state index in [1.165, 1.54) is 0 Å². The van der Waals surface area contributed by atoms with E-state index >= 15 is 0 Å². The van der Waals surface area contributed by atoms with Gasteiger partial charge >= 0.3 is 5.97 Å². The van der Waals surface area contributed by atoms with Crippen LogP contribution < -0.4 is 11.3 Å². The first-order chi connectivity index (χ1) is 4.63. The molecule has 0 aromatic carbocycles. The number of rotatable bonds is 1. The van der Waals surface area contributed by atoms with E-state index in [1.807, 2.05) is 0 Å². The van der Waals surface area contributed by atoms with E-state index in [-0.39, 0.29) is 10.6 Å². The van der Waals surface area contributed by atoms with Gasteiger partial charge < -0.3 is 10.8 Å². The lowest BCUT2D eigenvalue weighted by Crippen LogP contribution is -2.12. The molecule has 0 saturated carbocycles. The molecule has 0 fully saturated rings. The number of carboxylic acids is 1. The zero-order valence-electron chi connectivity index (χ0n) is 4.75. The fraction of sp³-hybridized carbons (Fsp3) is 0. The van der Waals surface area contributed by atoms with Gasteiger partial charge in [-0.3, -0.25) is 9.17 Å². The molecule has 1 aromatic rings. The minimum absolute atomic E-state index is 0.0116. The Morgan fingerprint density at radius 1 is 1.70 bits per heavy atom. The SMILES string of the molecule is Nc1s[nH]c(=O)c1C(=O)O. The Kier molecular flexibility index (Phi) is 1.46. The van der Waals surface area contributed by atoms with Crippen LogP contribution in [0.1, 0.15) is 10.4 Å². The maximum atomic E-state index is 10.6. The minimum atomic E-state index is -1.29. The fourth-order valence-electron chi connectivity index (χ4n) is 0.518. The molecule has 0 radical (unpaired) electrons. The number of nitrogens with two attached hydrogens (primary N) is 1. The molecular formula is C4H4N2O3S. The summed E-state index contributed by atoms with van der Waals surface area (Å²) < 4.78 is 2.20. The number of anilines is 1. The molecule has 1 heterocycles. The number of carboxylic acid groups (broad SMARTS) is 1. The predicted octanol–water partition coefficient (Wildman–Crippen LogP) is -0.283. The number of aromatic nitrogens is 1. The number of hydrogen-bond donors (Lipinski definition) is 3. The number of aromatic carboxylic acids is 1. The summed E-state index contributed by atoms with van der Waals surface area (Å²) in [5.74, 6) is -1.29. The van der Waals surface area contributed by atoms with Crippen molar-refractivity contribution in [2.24, 2.45) is 0 Å². The van der Waals surface area contributed by atoms with Crippen LogP contribution in [0.3, 0.4) is 0 Å². The van der Waals surface area contributed by atoms with Crippen molar-refractivity contribution in [2.75, 3.05) is 5.73 Å². The number of nitrogens with one attached hydrogen (secondary N) is 1. The molecule has 1 rings (SSSR count). The first kappa shape index (κ1) is 6.81. The molecule has 10 heavy (non-hydrogen) atoms. The highest BCUT2D eigenvalue weighted by atomic mass is 32.1.